The Balaban J connectivity index is 1.58. The van der Waals surface area contributed by atoms with Crippen LogP contribution in [0.2, 0.25) is 0 Å². The van der Waals surface area contributed by atoms with Gasteiger partial charge in [-0.15, -0.1) is 0 Å². The summed E-state index contributed by atoms with van der Waals surface area (Å²) in [6.07, 6.45) is 1.64. The maximum atomic E-state index is 13.1. The molecule has 0 aliphatic carbocycles. The van der Waals surface area contributed by atoms with Crippen molar-refractivity contribution in [1.29, 1.82) is 0 Å². The first-order valence-electron chi connectivity index (χ1n) is 12.2. The largest absolute Gasteiger partial charge is 0.480 e. The van der Waals surface area contributed by atoms with Gasteiger partial charge in [-0.05, 0) is 49.1 Å². The first-order chi connectivity index (χ1) is 18.1. The second-order valence-electron chi connectivity index (χ2n) is 8.99. The number of hydrogen-bond acceptors (Lipinski definition) is 7. The molecule has 0 radical (unpaired) electrons. The Morgan fingerprint density at radius 2 is 1.79 bits per heavy atom. The molecule has 1 aliphatic heterocycles. The summed E-state index contributed by atoms with van der Waals surface area (Å²) < 4.78 is 27.2. The van der Waals surface area contributed by atoms with E-state index in [4.69, 9.17) is 5.73 Å². The minimum Gasteiger partial charge on any atom is -0.480 e. The molecule has 2 amide bonds. The Kier molecular flexibility index (Phi) is 9.85. The molecule has 3 rings (SSSR count). The van der Waals surface area contributed by atoms with Crippen LogP contribution in [0.15, 0.2) is 71.9 Å². The predicted octanol–water partition coefficient (Wildman–Crippen LogP) is 1.39. The van der Waals surface area contributed by atoms with Crippen molar-refractivity contribution in [1.82, 2.24) is 14.9 Å². The maximum absolute atomic E-state index is 13.1. The van der Waals surface area contributed by atoms with Crippen LogP contribution < -0.4 is 21.7 Å². The van der Waals surface area contributed by atoms with Gasteiger partial charge in [-0.3, -0.25) is 9.59 Å². The highest BCUT2D eigenvalue weighted by Crippen LogP contribution is 2.26. The molecule has 1 fully saturated rings. The van der Waals surface area contributed by atoms with Gasteiger partial charge in [-0.2, -0.15) is 4.31 Å². The number of hydrogen-bond donors (Lipinski definition) is 5. The van der Waals surface area contributed by atoms with Crippen molar-refractivity contribution in [2.45, 2.75) is 49.1 Å². The van der Waals surface area contributed by atoms with Gasteiger partial charge in [0.25, 0.3) is 0 Å². The fourth-order valence-electron chi connectivity index (χ4n) is 4.17. The molecule has 1 saturated heterocycles. The average molecular weight is 544 g/mol. The molecular weight excluding hydrogens is 510 g/mol. The van der Waals surface area contributed by atoms with Gasteiger partial charge in [-0.1, -0.05) is 36.9 Å². The second-order valence-corrected chi connectivity index (χ2v) is 10.9. The van der Waals surface area contributed by atoms with E-state index in [9.17, 15) is 27.9 Å². The van der Waals surface area contributed by atoms with Crippen molar-refractivity contribution in [2.75, 3.05) is 18.4 Å². The van der Waals surface area contributed by atoms with E-state index in [1.165, 1.54) is 12.1 Å². The van der Waals surface area contributed by atoms with Gasteiger partial charge < -0.3 is 26.8 Å². The van der Waals surface area contributed by atoms with Crippen LogP contribution in [-0.4, -0.2) is 60.8 Å². The summed E-state index contributed by atoms with van der Waals surface area (Å²) in [7, 11) is -3.90. The summed E-state index contributed by atoms with van der Waals surface area (Å²) in [6, 6.07) is 12.2. The Morgan fingerprint density at radius 3 is 2.42 bits per heavy atom. The molecule has 0 spiro atoms. The third-order valence-electron chi connectivity index (χ3n) is 6.08. The predicted molar refractivity (Wildman–Crippen MR) is 142 cm³/mol. The molecule has 2 atom stereocenters. The molecule has 6 N–H and O–H groups in total. The molecule has 1 aliphatic rings. The third-order valence-corrected chi connectivity index (χ3v) is 8.00. The zero-order valence-electron chi connectivity index (χ0n) is 20.9. The van der Waals surface area contributed by atoms with Gasteiger partial charge in [0.05, 0.1) is 10.7 Å². The highest BCUT2D eigenvalue weighted by Gasteiger charge is 2.40. The second kappa shape index (κ2) is 13.1. The summed E-state index contributed by atoms with van der Waals surface area (Å²) in [5.74, 6) is -1.72. The SMILES string of the molecule is C=C(N)NCCCC(=O)Nc1ccc(CC(NC(=O)[C@@H]2CCCN2S(=O)(=O)c2ccccc2)C(=O)O)cc1. The lowest BCUT2D eigenvalue weighted by Crippen LogP contribution is -2.51. The molecule has 2 aromatic rings. The normalized spacial score (nSPS) is 16.4. The molecule has 11 nitrogen and oxygen atoms in total. The average Bonchev–Trinajstić information content (AvgIpc) is 3.39. The monoisotopic (exact) mass is 543 g/mol. The number of nitrogens with one attached hydrogen (secondary N) is 3. The van der Waals surface area contributed by atoms with Crippen LogP contribution >= 0.6 is 0 Å². The number of carbonyl (C=O) groups is 3. The van der Waals surface area contributed by atoms with Crippen LogP contribution in [0.3, 0.4) is 0 Å². The highest BCUT2D eigenvalue weighted by atomic mass is 32.2. The van der Waals surface area contributed by atoms with Gasteiger partial charge in [0.2, 0.25) is 21.8 Å². The zero-order chi connectivity index (χ0) is 27.7. The smallest absolute Gasteiger partial charge is 0.326 e. The van der Waals surface area contributed by atoms with E-state index in [0.29, 0.717) is 42.9 Å². The van der Waals surface area contributed by atoms with E-state index in [-0.39, 0.29) is 30.2 Å². The number of rotatable bonds is 13. The Bertz CT molecular complexity index is 1250. The minimum absolute atomic E-state index is 0.0118. The molecule has 2 aromatic carbocycles. The number of carbonyl (C=O) groups excluding carboxylic acids is 2. The Labute approximate surface area is 222 Å². The van der Waals surface area contributed by atoms with Crippen molar-refractivity contribution in [3.05, 3.63) is 72.6 Å². The summed E-state index contributed by atoms with van der Waals surface area (Å²) in [4.78, 5) is 37.1. The van der Waals surface area contributed by atoms with E-state index in [2.05, 4.69) is 22.5 Å². The summed E-state index contributed by atoms with van der Waals surface area (Å²) >= 11 is 0. The molecule has 0 bridgehead atoms. The molecule has 38 heavy (non-hydrogen) atoms. The first kappa shape index (κ1) is 28.7. The number of aliphatic carboxylic acids is 1. The standard InChI is InChI=1S/C26H33N5O6S/c1-18(27)28-15-5-10-24(32)29-20-13-11-19(12-14-20)17-22(26(34)35)30-25(33)23-9-6-16-31(23)38(36,37)21-7-3-2-4-8-21/h2-4,7-8,11-14,22-23,28H,1,5-6,9-10,15-17,27H2,(H,29,32)(H,30,33)(H,34,35)/t22?,23-/m0/s1. The van der Waals surface area contributed by atoms with Gasteiger partial charge in [0.1, 0.15) is 12.1 Å². The topological polar surface area (TPSA) is 171 Å². The molecule has 0 aromatic heterocycles. The third kappa shape index (κ3) is 7.80. The summed E-state index contributed by atoms with van der Waals surface area (Å²) in [6.45, 7) is 4.23. The van der Waals surface area contributed by atoms with Crippen molar-refractivity contribution in [3.63, 3.8) is 0 Å². The first-order valence-corrected chi connectivity index (χ1v) is 13.7. The lowest BCUT2D eigenvalue weighted by atomic mass is 10.0. The Hall–Kier alpha value is -3.90. The van der Waals surface area contributed by atoms with Crippen LogP contribution in [0.1, 0.15) is 31.2 Å². The molecule has 0 saturated carbocycles. The lowest BCUT2D eigenvalue weighted by molar-refractivity contribution is -0.142. The number of benzene rings is 2. The van der Waals surface area contributed by atoms with Gasteiger partial charge in [0.15, 0.2) is 0 Å². The van der Waals surface area contributed by atoms with Gasteiger partial charge >= 0.3 is 5.97 Å². The molecule has 1 unspecified atom stereocenters. The van der Waals surface area contributed by atoms with E-state index in [0.717, 1.165) is 4.31 Å². The number of carboxylic acids is 1. The number of anilines is 1. The van der Waals surface area contributed by atoms with Crippen LogP contribution in [0.25, 0.3) is 0 Å². The molecular formula is C26H33N5O6S. The summed E-state index contributed by atoms with van der Waals surface area (Å²) in [5.41, 5.74) is 6.59. The van der Waals surface area contributed by atoms with Crippen LogP contribution in [0.5, 0.6) is 0 Å². The lowest BCUT2D eigenvalue weighted by Gasteiger charge is -2.25. The number of sulfonamides is 1. The Morgan fingerprint density at radius 1 is 1.11 bits per heavy atom. The van der Waals surface area contributed by atoms with E-state index < -0.39 is 34.0 Å². The maximum Gasteiger partial charge on any atom is 0.326 e. The fraction of sp³-hybridized carbons (Fsp3) is 0.346. The molecule has 204 valence electrons. The van der Waals surface area contributed by atoms with Crippen LogP contribution in [-0.2, 0) is 30.8 Å². The molecule has 12 heteroatoms. The van der Waals surface area contributed by atoms with Crippen molar-refractivity contribution < 1.29 is 27.9 Å². The summed E-state index contributed by atoms with van der Waals surface area (Å²) in [5, 5.41) is 17.8. The van der Waals surface area contributed by atoms with Crippen molar-refractivity contribution in [2.24, 2.45) is 5.73 Å². The van der Waals surface area contributed by atoms with E-state index >= 15 is 0 Å². The van der Waals surface area contributed by atoms with Crippen LogP contribution in [0.4, 0.5) is 5.69 Å². The van der Waals surface area contributed by atoms with E-state index in [1.807, 2.05) is 0 Å². The fourth-order valence-corrected chi connectivity index (χ4v) is 5.84. The van der Waals surface area contributed by atoms with Crippen molar-refractivity contribution in [3.8, 4) is 0 Å². The number of carboxylic acid groups (broad SMARTS) is 1. The number of nitrogens with zero attached hydrogens (tertiary/aromatic N) is 1. The minimum atomic E-state index is -3.90. The highest BCUT2D eigenvalue weighted by molar-refractivity contribution is 7.89. The number of amides is 2. The van der Waals surface area contributed by atoms with Crippen LogP contribution in [0, 0.1) is 0 Å². The van der Waals surface area contributed by atoms with E-state index in [1.54, 1.807) is 42.5 Å². The molecule has 1 heterocycles. The van der Waals surface area contributed by atoms with Gasteiger partial charge in [0, 0.05) is 31.6 Å². The van der Waals surface area contributed by atoms with Crippen molar-refractivity contribution >= 4 is 33.5 Å². The quantitative estimate of drug-likeness (QED) is 0.236. The van der Waals surface area contributed by atoms with Gasteiger partial charge in [-0.25, -0.2) is 13.2 Å². The zero-order valence-corrected chi connectivity index (χ0v) is 21.7. The number of nitrogens with two attached hydrogens (primary N) is 1.